The summed E-state index contributed by atoms with van der Waals surface area (Å²) in [5.74, 6) is 3.14. The molecule has 0 amide bonds. The standard InChI is InChI=1S/C20H38O2/c1-5-17-14-18(6-2)19(15-17)10-7-8-11-20(16(3)4)21-12-9-13-22-20/h16-19H,5-15H2,1-4H3. The first-order chi connectivity index (χ1) is 10.6. The smallest absolute Gasteiger partial charge is 0.170 e. The Morgan fingerprint density at radius 3 is 2.23 bits per heavy atom. The van der Waals surface area contributed by atoms with Gasteiger partial charge >= 0.3 is 0 Å². The van der Waals surface area contributed by atoms with Gasteiger partial charge in [0.05, 0.1) is 13.2 Å². The second-order valence-electron chi connectivity index (χ2n) is 7.94. The molecule has 2 fully saturated rings. The third-order valence-corrected chi connectivity index (χ3v) is 6.25. The first kappa shape index (κ1) is 18.3. The zero-order chi connectivity index (χ0) is 16.0. The highest BCUT2D eigenvalue weighted by molar-refractivity contribution is 4.83. The second kappa shape index (κ2) is 8.68. The van der Waals surface area contributed by atoms with E-state index in [0.29, 0.717) is 5.92 Å². The Morgan fingerprint density at radius 1 is 0.955 bits per heavy atom. The topological polar surface area (TPSA) is 18.5 Å². The molecule has 130 valence electrons. The van der Waals surface area contributed by atoms with Crippen molar-refractivity contribution in [1.29, 1.82) is 0 Å². The van der Waals surface area contributed by atoms with Crippen molar-refractivity contribution in [3.05, 3.63) is 0 Å². The third-order valence-electron chi connectivity index (χ3n) is 6.25. The van der Waals surface area contributed by atoms with E-state index in [0.717, 1.165) is 43.8 Å². The molecule has 0 radical (unpaired) electrons. The molecule has 0 aromatic heterocycles. The Morgan fingerprint density at radius 2 is 1.64 bits per heavy atom. The Labute approximate surface area is 138 Å². The maximum absolute atomic E-state index is 6.05. The first-order valence-electron chi connectivity index (χ1n) is 9.89. The fourth-order valence-corrected chi connectivity index (χ4v) is 4.66. The number of rotatable bonds is 8. The minimum Gasteiger partial charge on any atom is -0.350 e. The van der Waals surface area contributed by atoms with Crippen LogP contribution in [0.15, 0.2) is 0 Å². The van der Waals surface area contributed by atoms with Gasteiger partial charge in [-0.2, -0.15) is 0 Å². The fraction of sp³-hybridized carbons (Fsp3) is 1.00. The number of hydrogen-bond acceptors (Lipinski definition) is 2. The van der Waals surface area contributed by atoms with E-state index in [-0.39, 0.29) is 5.79 Å². The molecule has 3 atom stereocenters. The quantitative estimate of drug-likeness (QED) is 0.528. The van der Waals surface area contributed by atoms with E-state index in [1.165, 1.54) is 44.9 Å². The number of hydrogen-bond donors (Lipinski definition) is 0. The molecule has 22 heavy (non-hydrogen) atoms. The van der Waals surface area contributed by atoms with Gasteiger partial charge in [-0.25, -0.2) is 0 Å². The lowest BCUT2D eigenvalue weighted by Gasteiger charge is -2.40. The van der Waals surface area contributed by atoms with Gasteiger partial charge in [0.1, 0.15) is 0 Å². The largest absolute Gasteiger partial charge is 0.350 e. The van der Waals surface area contributed by atoms with Crippen LogP contribution in [0.4, 0.5) is 0 Å². The maximum Gasteiger partial charge on any atom is 0.170 e. The lowest BCUT2D eigenvalue weighted by molar-refractivity contribution is -0.292. The van der Waals surface area contributed by atoms with E-state index in [2.05, 4.69) is 27.7 Å². The van der Waals surface area contributed by atoms with Gasteiger partial charge in [0.25, 0.3) is 0 Å². The molecular weight excluding hydrogens is 272 g/mol. The van der Waals surface area contributed by atoms with Gasteiger partial charge in [0, 0.05) is 12.3 Å². The molecule has 2 heteroatoms. The second-order valence-corrected chi connectivity index (χ2v) is 7.94. The highest BCUT2D eigenvalue weighted by atomic mass is 16.7. The van der Waals surface area contributed by atoms with Crippen molar-refractivity contribution in [2.45, 2.75) is 91.3 Å². The van der Waals surface area contributed by atoms with E-state index < -0.39 is 0 Å². The molecule has 0 spiro atoms. The van der Waals surface area contributed by atoms with Crippen LogP contribution in [-0.4, -0.2) is 19.0 Å². The van der Waals surface area contributed by atoms with Crippen LogP contribution in [0.5, 0.6) is 0 Å². The van der Waals surface area contributed by atoms with Crippen LogP contribution in [-0.2, 0) is 9.47 Å². The Balaban J connectivity index is 1.73. The van der Waals surface area contributed by atoms with Crippen LogP contribution >= 0.6 is 0 Å². The Kier molecular flexibility index (Phi) is 7.21. The van der Waals surface area contributed by atoms with Crippen molar-refractivity contribution in [2.75, 3.05) is 13.2 Å². The fourth-order valence-electron chi connectivity index (χ4n) is 4.66. The minimum absolute atomic E-state index is 0.288. The molecule has 1 saturated carbocycles. The third kappa shape index (κ3) is 4.47. The normalized spacial score (nSPS) is 31.8. The molecule has 0 bridgehead atoms. The van der Waals surface area contributed by atoms with Crippen molar-refractivity contribution < 1.29 is 9.47 Å². The zero-order valence-electron chi connectivity index (χ0n) is 15.4. The molecule has 1 heterocycles. The van der Waals surface area contributed by atoms with E-state index in [1.807, 2.05) is 0 Å². The number of unbranched alkanes of at least 4 members (excludes halogenated alkanes) is 1. The molecule has 3 unspecified atom stereocenters. The van der Waals surface area contributed by atoms with Gasteiger partial charge in [-0.3, -0.25) is 0 Å². The van der Waals surface area contributed by atoms with Gasteiger partial charge in [-0.1, -0.05) is 53.4 Å². The van der Waals surface area contributed by atoms with Crippen LogP contribution in [0.3, 0.4) is 0 Å². The zero-order valence-corrected chi connectivity index (χ0v) is 15.4. The van der Waals surface area contributed by atoms with E-state index in [9.17, 15) is 0 Å². The predicted octanol–water partition coefficient (Wildman–Crippen LogP) is 5.80. The molecule has 2 aliphatic rings. The number of ether oxygens (including phenoxy) is 2. The van der Waals surface area contributed by atoms with Crippen LogP contribution in [0, 0.1) is 23.7 Å². The van der Waals surface area contributed by atoms with Crippen molar-refractivity contribution >= 4 is 0 Å². The Hall–Kier alpha value is -0.0800. The predicted molar refractivity (Wildman–Crippen MR) is 92.8 cm³/mol. The van der Waals surface area contributed by atoms with Crippen molar-refractivity contribution in [1.82, 2.24) is 0 Å². The molecule has 0 aromatic carbocycles. The summed E-state index contributed by atoms with van der Waals surface area (Å²) in [4.78, 5) is 0. The van der Waals surface area contributed by atoms with Crippen LogP contribution in [0.25, 0.3) is 0 Å². The average molecular weight is 311 g/mol. The Bertz CT molecular complexity index is 307. The van der Waals surface area contributed by atoms with Gasteiger partial charge in [-0.15, -0.1) is 0 Å². The summed E-state index contributed by atoms with van der Waals surface area (Å²) >= 11 is 0. The first-order valence-corrected chi connectivity index (χ1v) is 9.89. The van der Waals surface area contributed by atoms with E-state index in [4.69, 9.17) is 9.47 Å². The monoisotopic (exact) mass is 310 g/mol. The average Bonchev–Trinajstić information content (AvgIpc) is 2.95. The molecule has 1 aliphatic carbocycles. The summed E-state index contributed by atoms with van der Waals surface area (Å²) in [5, 5.41) is 0. The molecule has 1 saturated heterocycles. The van der Waals surface area contributed by atoms with Crippen molar-refractivity contribution in [3.8, 4) is 0 Å². The summed E-state index contributed by atoms with van der Waals surface area (Å²) in [6, 6.07) is 0. The summed E-state index contributed by atoms with van der Waals surface area (Å²) in [7, 11) is 0. The van der Waals surface area contributed by atoms with Gasteiger partial charge in [0.15, 0.2) is 5.79 Å². The summed E-state index contributed by atoms with van der Waals surface area (Å²) in [5.41, 5.74) is 0. The molecular formula is C20H38O2. The van der Waals surface area contributed by atoms with Gasteiger partial charge in [-0.05, 0) is 43.4 Å². The molecule has 0 N–H and O–H groups in total. The van der Waals surface area contributed by atoms with E-state index >= 15 is 0 Å². The van der Waals surface area contributed by atoms with Crippen molar-refractivity contribution in [3.63, 3.8) is 0 Å². The summed E-state index contributed by atoms with van der Waals surface area (Å²) in [6.07, 6.45) is 11.9. The van der Waals surface area contributed by atoms with Crippen LogP contribution in [0.2, 0.25) is 0 Å². The molecule has 2 nitrogen and oxygen atoms in total. The molecule has 2 rings (SSSR count). The van der Waals surface area contributed by atoms with Gasteiger partial charge in [0.2, 0.25) is 0 Å². The SMILES string of the molecule is CCC1CC(CC)C(CCCCC2(C(C)C)OCCCO2)C1. The summed E-state index contributed by atoms with van der Waals surface area (Å²) < 4.78 is 12.1. The van der Waals surface area contributed by atoms with Crippen molar-refractivity contribution in [2.24, 2.45) is 23.7 Å². The van der Waals surface area contributed by atoms with Gasteiger partial charge < -0.3 is 9.47 Å². The molecule has 0 aromatic rings. The lowest BCUT2D eigenvalue weighted by atomic mass is 9.88. The minimum atomic E-state index is -0.288. The van der Waals surface area contributed by atoms with E-state index in [1.54, 1.807) is 0 Å². The molecule has 1 aliphatic heterocycles. The maximum atomic E-state index is 6.05. The highest BCUT2D eigenvalue weighted by Gasteiger charge is 2.37. The van der Waals surface area contributed by atoms with Crippen LogP contribution < -0.4 is 0 Å². The highest BCUT2D eigenvalue weighted by Crippen LogP contribution is 2.42. The lowest BCUT2D eigenvalue weighted by Crippen LogP contribution is -2.45. The summed E-state index contributed by atoms with van der Waals surface area (Å²) in [6.45, 7) is 11.0. The van der Waals surface area contributed by atoms with Crippen LogP contribution in [0.1, 0.15) is 85.5 Å².